The molecule has 2 unspecified atom stereocenters. The molecule has 112 valence electrons. The summed E-state index contributed by atoms with van der Waals surface area (Å²) in [5.74, 6) is 0.414. The minimum Gasteiger partial charge on any atom is -0.395 e. The number of thioether (sulfide) groups is 2. The first-order valence-corrected chi connectivity index (χ1v) is 8.88. The average Bonchev–Trinajstić information content (AvgIpc) is 2.41. The first-order chi connectivity index (χ1) is 9.47. The Balaban J connectivity index is 2.49. The lowest BCUT2D eigenvalue weighted by atomic mass is 10.2. The summed E-state index contributed by atoms with van der Waals surface area (Å²) in [6, 6.07) is 6.23. The molecule has 0 fully saturated rings. The van der Waals surface area contributed by atoms with Crippen LogP contribution in [0.15, 0.2) is 23.1 Å². The lowest BCUT2D eigenvalue weighted by molar-refractivity contribution is -0.119. The number of carbonyl (C=O) groups excluding carboxylic acids is 1. The van der Waals surface area contributed by atoms with Gasteiger partial charge >= 0.3 is 0 Å². The summed E-state index contributed by atoms with van der Waals surface area (Å²) in [6.07, 6.45) is 1.94. The highest BCUT2D eigenvalue weighted by Gasteiger charge is 2.17. The van der Waals surface area contributed by atoms with E-state index in [9.17, 15) is 9.90 Å². The van der Waals surface area contributed by atoms with Crippen LogP contribution in [0.5, 0.6) is 0 Å². The number of nitrogens with one attached hydrogen (secondary N) is 1. The molecule has 2 atom stereocenters. The molecular formula is C15H23NO2S2. The SMILES string of the molecule is CSC(CO)C(C)NC(=O)CSc1cc(C)ccc1C. The summed E-state index contributed by atoms with van der Waals surface area (Å²) < 4.78 is 0. The van der Waals surface area contributed by atoms with E-state index in [1.165, 1.54) is 11.1 Å². The van der Waals surface area contributed by atoms with Crippen LogP contribution in [-0.4, -0.2) is 40.9 Å². The monoisotopic (exact) mass is 313 g/mol. The van der Waals surface area contributed by atoms with E-state index in [1.54, 1.807) is 23.5 Å². The van der Waals surface area contributed by atoms with E-state index in [4.69, 9.17) is 0 Å². The number of amides is 1. The van der Waals surface area contributed by atoms with Gasteiger partial charge in [-0.25, -0.2) is 0 Å². The fourth-order valence-corrected chi connectivity index (χ4v) is 3.39. The number of benzene rings is 1. The molecule has 0 saturated carbocycles. The number of hydrogen-bond donors (Lipinski definition) is 2. The second-order valence-electron chi connectivity index (χ2n) is 4.87. The van der Waals surface area contributed by atoms with Crippen molar-refractivity contribution in [3.63, 3.8) is 0 Å². The molecule has 0 aliphatic heterocycles. The summed E-state index contributed by atoms with van der Waals surface area (Å²) in [4.78, 5) is 13.1. The molecule has 1 aromatic carbocycles. The summed E-state index contributed by atoms with van der Waals surface area (Å²) in [7, 11) is 0. The maximum absolute atomic E-state index is 11.9. The highest BCUT2D eigenvalue weighted by molar-refractivity contribution is 8.00. The summed E-state index contributed by atoms with van der Waals surface area (Å²) in [5.41, 5.74) is 2.40. The third-order valence-corrected chi connectivity index (χ3v) is 5.45. The maximum atomic E-state index is 11.9. The topological polar surface area (TPSA) is 49.3 Å². The fourth-order valence-electron chi connectivity index (χ4n) is 1.83. The summed E-state index contributed by atoms with van der Waals surface area (Å²) >= 11 is 3.12. The van der Waals surface area contributed by atoms with Crippen molar-refractivity contribution >= 4 is 29.4 Å². The Morgan fingerprint density at radius 3 is 2.70 bits per heavy atom. The van der Waals surface area contributed by atoms with E-state index in [-0.39, 0.29) is 23.8 Å². The van der Waals surface area contributed by atoms with Gasteiger partial charge in [0, 0.05) is 16.2 Å². The van der Waals surface area contributed by atoms with Crippen molar-refractivity contribution in [2.45, 2.75) is 37.0 Å². The van der Waals surface area contributed by atoms with Crippen molar-refractivity contribution in [3.8, 4) is 0 Å². The Morgan fingerprint density at radius 2 is 2.10 bits per heavy atom. The second kappa shape index (κ2) is 8.60. The van der Waals surface area contributed by atoms with Crippen LogP contribution in [0.4, 0.5) is 0 Å². The average molecular weight is 313 g/mol. The van der Waals surface area contributed by atoms with Gasteiger partial charge in [-0.3, -0.25) is 4.79 Å². The standard InChI is InChI=1S/C15H23NO2S2/c1-10-5-6-11(2)13(7-10)20-9-15(18)16-12(3)14(8-17)19-4/h5-7,12,14,17H,8-9H2,1-4H3,(H,16,18). The molecular weight excluding hydrogens is 290 g/mol. The molecule has 20 heavy (non-hydrogen) atoms. The number of aliphatic hydroxyl groups excluding tert-OH is 1. The van der Waals surface area contributed by atoms with Crippen molar-refractivity contribution in [1.29, 1.82) is 0 Å². The van der Waals surface area contributed by atoms with Gasteiger partial charge in [0.05, 0.1) is 12.4 Å². The van der Waals surface area contributed by atoms with Crippen LogP contribution in [0, 0.1) is 13.8 Å². The smallest absolute Gasteiger partial charge is 0.230 e. The lowest BCUT2D eigenvalue weighted by Gasteiger charge is -2.21. The highest BCUT2D eigenvalue weighted by Crippen LogP contribution is 2.23. The van der Waals surface area contributed by atoms with Crippen LogP contribution < -0.4 is 5.32 Å². The molecule has 0 aliphatic carbocycles. The Labute approximate surface area is 129 Å². The molecule has 0 aliphatic rings. The largest absolute Gasteiger partial charge is 0.395 e. The Kier molecular flexibility index (Phi) is 7.48. The lowest BCUT2D eigenvalue weighted by Crippen LogP contribution is -2.42. The molecule has 1 amide bonds. The van der Waals surface area contributed by atoms with E-state index in [0.29, 0.717) is 5.75 Å². The van der Waals surface area contributed by atoms with Gasteiger partial charge in [-0.1, -0.05) is 17.7 Å². The van der Waals surface area contributed by atoms with Crippen LogP contribution in [0.1, 0.15) is 18.1 Å². The number of aliphatic hydroxyl groups is 1. The fraction of sp³-hybridized carbons (Fsp3) is 0.533. The third kappa shape index (κ3) is 5.38. The first-order valence-electron chi connectivity index (χ1n) is 6.61. The van der Waals surface area contributed by atoms with Crippen molar-refractivity contribution < 1.29 is 9.90 Å². The molecule has 3 nitrogen and oxygen atoms in total. The molecule has 5 heteroatoms. The Morgan fingerprint density at radius 1 is 1.40 bits per heavy atom. The van der Waals surface area contributed by atoms with E-state index in [2.05, 4.69) is 37.4 Å². The number of aryl methyl sites for hydroxylation is 2. The molecule has 0 heterocycles. The zero-order chi connectivity index (χ0) is 15.1. The van der Waals surface area contributed by atoms with Crippen molar-refractivity contribution in [3.05, 3.63) is 29.3 Å². The van der Waals surface area contributed by atoms with Gasteiger partial charge < -0.3 is 10.4 Å². The normalized spacial score (nSPS) is 13.8. The molecule has 1 aromatic rings. The Hall–Kier alpha value is -0.650. The summed E-state index contributed by atoms with van der Waals surface area (Å²) in [6.45, 7) is 6.11. The minimum atomic E-state index is -0.0262. The molecule has 0 spiro atoms. The zero-order valence-corrected chi connectivity index (χ0v) is 14.1. The number of hydrogen-bond acceptors (Lipinski definition) is 4. The van der Waals surface area contributed by atoms with Crippen molar-refractivity contribution in [1.82, 2.24) is 5.32 Å². The molecule has 0 saturated heterocycles. The van der Waals surface area contributed by atoms with E-state index in [1.807, 2.05) is 13.2 Å². The van der Waals surface area contributed by atoms with Crippen molar-refractivity contribution in [2.75, 3.05) is 18.6 Å². The van der Waals surface area contributed by atoms with Gasteiger partial charge in [0.15, 0.2) is 0 Å². The molecule has 0 aromatic heterocycles. The van der Waals surface area contributed by atoms with Gasteiger partial charge in [0.25, 0.3) is 0 Å². The van der Waals surface area contributed by atoms with Crippen LogP contribution in [0.25, 0.3) is 0 Å². The van der Waals surface area contributed by atoms with E-state index < -0.39 is 0 Å². The van der Waals surface area contributed by atoms with Crippen LogP contribution in [-0.2, 0) is 4.79 Å². The zero-order valence-electron chi connectivity index (χ0n) is 12.5. The van der Waals surface area contributed by atoms with Gasteiger partial charge in [-0.15, -0.1) is 11.8 Å². The maximum Gasteiger partial charge on any atom is 0.230 e. The number of carbonyl (C=O) groups is 1. The van der Waals surface area contributed by atoms with Gasteiger partial charge in [-0.05, 0) is 38.7 Å². The predicted octanol–water partition coefficient (Wildman–Crippen LogP) is 2.62. The first kappa shape index (κ1) is 17.4. The predicted molar refractivity (Wildman–Crippen MR) is 88.6 cm³/mol. The third-order valence-electron chi connectivity index (χ3n) is 3.13. The highest BCUT2D eigenvalue weighted by atomic mass is 32.2. The number of rotatable bonds is 7. The second-order valence-corrected chi connectivity index (χ2v) is 6.96. The van der Waals surface area contributed by atoms with E-state index >= 15 is 0 Å². The van der Waals surface area contributed by atoms with Crippen LogP contribution in [0.2, 0.25) is 0 Å². The molecule has 0 radical (unpaired) electrons. The molecule has 1 rings (SSSR count). The van der Waals surface area contributed by atoms with Gasteiger partial charge in [0.1, 0.15) is 0 Å². The molecule has 0 bridgehead atoms. The quantitative estimate of drug-likeness (QED) is 0.760. The minimum absolute atomic E-state index is 0.0101. The van der Waals surface area contributed by atoms with E-state index in [0.717, 1.165) is 4.90 Å². The van der Waals surface area contributed by atoms with Crippen LogP contribution >= 0.6 is 23.5 Å². The van der Waals surface area contributed by atoms with Gasteiger partial charge in [-0.2, -0.15) is 11.8 Å². The van der Waals surface area contributed by atoms with Crippen LogP contribution in [0.3, 0.4) is 0 Å². The summed E-state index contributed by atoms with van der Waals surface area (Å²) in [5, 5.41) is 12.2. The Bertz CT molecular complexity index is 447. The van der Waals surface area contributed by atoms with Crippen molar-refractivity contribution in [2.24, 2.45) is 0 Å². The van der Waals surface area contributed by atoms with Gasteiger partial charge in [0.2, 0.25) is 5.91 Å². The molecule has 2 N–H and O–H groups in total.